The molecule has 24 heavy (non-hydrogen) atoms. The first-order valence-electron chi connectivity index (χ1n) is 7.65. The molecule has 124 valence electrons. The number of amidine groups is 1. The highest BCUT2D eigenvalue weighted by Gasteiger charge is 2.24. The molecular weight excluding hydrogens is 342 g/mol. The highest BCUT2D eigenvalue weighted by atomic mass is 35.5. The van der Waals surface area contributed by atoms with Crippen molar-refractivity contribution in [1.29, 1.82) is 0 Å². The maximum Gasteiger partial charge on any atom is 0.257 e. The van der Waals surface area contributed by atoms with Gasteiger partial charge in [-0.2, -0.15) is 0 Å². The number of rotatable bonds is 2. The van der Waals surface area contributed by atoms with Crippen molar-refractivity contribution in [1.82, 2.24) is 10.3 Å². The lowest BCUT2D eigenvalue weighted by Crippen LogP contribution is -2.27. The van der Waals surface area contributed by atoms with Crippen molar-refractivity contribution in [3.63, 3.8) is 0 Å². The zero-order valence-corrected chi connectivity index (χ0v) is 15.3. The van der Waals surface area contributed by atoms with Crippen LogP contribution in [0.15, 0.2) is 35.5 Å². The molecule has 0 bridgehead atoms. The SMILES string of the molecule is Cc1cc(C)c(C2CSC(NC(=O)c3ccnc(Cl)c3)=N2)c(C)c1. The Morgan fingerprint density at radius 1 is 1.25 bits per heavy atom. The first-order chi connectivity index (χ1) is 11.4. The molecule has 1 aromatic heterocycles. The van der Waals surface area contributed by atoms with E-state index in [1.54, 1.807) is 23.9 Å². The Kier molecular flexibility index (Phi) is 4.92. The largest absolute Gasteiger partial charge is 0.301 e. The van der Waals surface area contributed by atoms with Crippen LogP contribution in [0.4, 0.5) is 0 Å². The standard InChI is InChI=1S/C18H18ClN3OS/c1-10-6-11(2)16(12(3)7-10)14-9-24-18(21-14)22-17(23)13-4-5-20-15(19)8-13/h4-8,14H,9H2,1-3H3,(H,21,22,23). The maximum atomic E-state index is 12.3. The van der Waals surface area contributed by atoms with Crippen LogP contribution in [0.25, 0.3) is 0 Å². The Morgan fingerprint density at radius 3 is 2.62 bits per heavy atom. The average molecular weight is 360 g/mol. The van der Waals surface area contributed by atoms with Crippen LogP contribution in [-0.4, -0.2) is 21.8 Å². The van der Waals surface area contributed by atoms with E-state index in [0.717, 1.165) is 5.75 Å². The van der Waals surface area contributed by atoms with Gasteiger partial charge in [-0.1, -0.05) is 41.1 Å². The molecule has 0 saturated heterocycles. The smallest absolute Gasteiger partial charge is 0.257 e. The van der Waals surface area contributed by atoms with Crippen molar-refractivity contribution in [3.05, 3.63) is 63.4 Å². The van der Waals surface area contributed by atoms with Crippen LogP contribution in [0.2, 0.25) is 5.15 Å². The van der Waals surface area contributed by atoms with Crippen LogP contribution in [0.1, 0.15) is 38.7 Å². The molecular formula is C18H18ClN3OS. The summed E-state index contributed by atoms with van der Waals surface area (Å²) in [6, 6.07) is 7.61. The third-order valence-electron chi connectivity index (χ3n) is 3.93. The van der Waals surface area contributed by atoms with E-state index in [9.17, 15) is 4.79 Å². The first-order valence-corrected chi connectivity index (χ1v) is 9.01. The van der Waals surface area contributed by atoms with Crippen molar-refractivity contribution in [3.8, 4) is 0 Å². The van der Waals surface area contributed by atoms with Crippen LogP contribution >= 0.6 is 23.4 Å². The van der Waals surface area contributed by atoms with E-state index < -0.39 is 0 Å². The van der Waals surface area contributed by atoms with Crippen molar-refractivity contribution >= 4 is 34.4 Å². The number of halogens is 1. The van der Waals surface area contributed by atoms with Crippen molar-refractivity contribution in [2.24, 2.45) is 4.99 Å². The lowest BCUT2D eigenvalue weighted by atomic mass is 9.95. The molecule has 1 aromatic carbocycles. The quantitative estimate of drug-likeness (QED) is 0.816. The van der Waals surface area contributed by atoms with E-state index >= 15 is 0 Å². The third kappa shape index (κ3) is 3.62. The molecule has 2 heterocycles. The number of benzene rings is 1. The summed E-state index contributed by atoms with van der Waals surface area (Å²) in [5, 5.41) is 3.81. The fourth-order valence-corrected chi connectivity index (χ4v) is 4.12. The molecule has 0 radical (unpaired) electrons. The average Bonchev–Trinajstić information content (AvgIpc) is 2.94. The molecule has 6 heteroatoms. The van der Waals surface area contributed by atoms with E-state index in [1.807, 2.05) is 0 Å². The zero-order valence-electron chi connectivity index (χ0n) is 13.8. The topological polar surface area (TPSA) is 54.4 Å². The Hall–Kier alpha value is -1.85. The summed E-state index contributed by atoms with van der Waals surface area (Å²) in [5.74, 6) is 0.612. The van der Waals surface area contributed by atoms with Gasteiger partial charge in [0.1, 0.15) is 5.15 Å². The van der Waals surface area contributed by atoms with Gasteiger partial charge in [0.05, 0.1) is 6.04 Å². The summed E-state index contributed by atoms with van der Waals surface area (Å²) >= 11 is 7.39. The summed E-state index contributed by atoms with van der Waals surface area (Å²) in [6.45, 7) is 6.33. The van der Waals surface area contributed by atoms with Gasteiger partial charge in [-0.25, -0.2) is 4.98 Å². The van der Waals surface area contributed by atoms with Gasteiger partial charge >= 0.3 is 0 Å². The number of aromatic nitrogens is 1. The van der Waals surface area contributed by atoms with Crippen LogP contribution in [0.3, 0.4) is 0 Å². The van der Waals surface area contributed by atoms with Gasteiger partial charge in [0.15, 0.2) is 5.17 Å². The van der Waals surface area contributed by atoms with E-state index in [4.69, 9.17) is 16.6 Å². The summed E-state index contributed by atoms with van der Waals surface area (Å²) in [4.78, 5) is 20.9. The number of nitrogens with zero attached hydrogens (tertiary/aromatic N) is 2. The van der Waals surface area contributed by atoms with Gasteiger partial charge in [-0.3, -0.25) is 9.79 Å². The zero-order chi connectivity index (χ0) is 17.3. The lowest BCUT2D eigenvalue weighted by molar-refractivity contribution is 0.0978. The molecule has 0 spiro atoms. The predicted molar refractivity (Wildman–Crippen MR) is 100 cm³/mol. The minimum Gasteiger partial charge on any atom is -0.301 e. The molecule has 0 aliphatic carbocycles. The van der Waals surface area contributed by atoms with E-state index in [-0.39, 0.29) is 11.9 Å². The highest BCUT2D eigenvalue weighted by molar-refractivity contribution is 8.14. The number of aryl methyl sites for hydroxylation is 3. The number of aliphatic imine (C=N–C) groups is 1. The maximum absolute atomic E-state index is 12.3. The molecule has 1 atom stereocenters. The van der Waals surface area contributed by atoms with Gasteiger partial charge in [-0.15, -0.1) is 0 Å². The Morgan fingerprint density at radius 2 is 1.96 bits per heavy atom. The summed E-state index contributed by atoms with van der Waals surface area (Å²) < 4.78 is 0. The molecule has 4 nitrogen and oxygen atoms in total. The second-order valence-corrected chi connectivity index (χ2v) is 7.29. The molecule has 1 aliphatic heterocycles. The minimum absolute atomic E-state index is 0.0759. The minimum atomic E-state index is -0.219. The predicted octanol–water partition coefficient (Wildman–Crippen LogP) is 4.23. The van der Waals surface area contributed by atoms with Gasteiger partial charge in [0.25, 0.3) is 5.91 Å². The number of hydrogen-bond donors (Lipinski definition) is 1. The number of thioether (sulfide) groups is 1. The van der Waals surface area contributed by atoms with Crippen LogP contribution in [-0.2, 0) is 0 Å². The second-order valence-electron chi connectivity index (χ2n) is 5.89. The fraction of sp³-hybridized carbons (Fsp3) is 0.278. The monoisotopic (exact) mass is 359 g/mol. The number of nitrogens with one attached hydrogen (secondary N) is 1. The van der Waals surface area contributed by atoms with Gasteiger partial charge in [-0.05, 0) is 49.6 Å². The number of carbonyl (C=O) groups is 1. The van der Waals surface area contributed by atoms with Crippen LogP contribution in [0, 0.1) is 20.8 Å². The molecule has 0 fully saturated rings. The Balaban J connectivity index is 1.78. The summed E-state index contributed by atoms with van der Waals surface area (Å²) in [5.41, 5.74) is 5.48. The number of pyridine rings is 1. The first kappa shape index (κ1) is 17.0. The number of carbonyl (C=O) groups excluding carboxylic acids is 1. The van der Waals surface area contributed by atoms with Crippen molar-refractivity contribution in [2.75, 3.05) is 5.75 Å². The molecule has 0 saturated carbocycles. The second kappa shape index (κ2) is 6.95. The third-order valence-corrected chi connectivity index (χ3v) is 5.10. The van der Waals surface area contributed by atoms with Gasteiger partial charge < -0.3 is 5.32 Å². The van der Waals surface area contributed by atoms with Crippen LogP contribution < -0.4 is 5.32 Å². The normalized spacial score (nSPS) is 16.8. The van der Waals surface area contributed by atoms with E-state index in [2.05, 4.69) is 43.2 Å². The lowest BCUT2D eigenvalue weighted by Gasteiger charge is -2.14. The van der Waals surface area contributed by atoms with E-state index in [0.29, 0.717) is 15.9 Å². The Labute approximate surface area is 150 Å². The molecule has 3 rings (SSSR count). The highest BCUT2D eigenvalue weighted by Crippen LogP contribution is 2.34. The summed E-state index contributed by atoms with van der Waals surface area (Å²) in [7, 11) is 0. The summed E-state index contributed by atoms with van der Waals surface area (Å²) in [6.07, 6.45) is 1.52. The Bertz CT molecular complexity index is 812. The molecule has 2 aromatic rings. The number of amides is 1. The van der Waals surface area contributed by atoms with Gasteiger partial charge in [0, 0.05) is 17.5 Å². The molecule has 1 aliphatic rings. The molecule has 1 unspecified atom stereocenters. The van der Waals surface area contributed by atoms with Gasteiger partial charge in [0.2, 0.25) is 0 Å². The number of hydrogen-bond acceptors (Lipinski definition) is 4. The fourth-order valence-electron chi connectivity index (χ4n) is 3.02. The van der Waals surface area contributed by atoms with Crippen molar-refractivity contribution < 1.29 is 4.79 Å². The van der Waals surface area contributed by atoms with E-state index in [1.165, 1.54) is 28.5 Å². The molecule has 1 N–H and O–H groups in total. The molecule has 1 amide bonds. The van der Waals surface area contributed by atoms with Crippen LogP contribution in [0.5, 0.6) is 0 Å². The van der Waals surface area contributed by atoms with Crippen molar-refractivity contribution in [2.45, 2.75) is 26.8 Å².